The molecule has 0 aliphatic carbocycles. The maximum atomic E-state index is 13.7. The van der Waals surface area contributed by atoms with Crippen LogP contribution in [0.1, 0.15) is 73.5 Å². The highest BCUT2D eigenvalue weighted by atomic mass is 16.5. The molecule has 0 atom stereocenters. The highest BCUT2D eigenvalue weighted by molar-refractivity contribution is 6.13. The van der Waals surface area contributed by atoms with E-state index in [4.69, 9.17) is 18.9 Å². The number of rotatable bonds is 11. The lowest BCUT2D eigenvalue weighted by Crippen LogP contribution is -2.35. The van der Waals surface area contributed by atoms with Crippen molar-refractivity contribution in [3.05, 3.63) is 101 Å². The number of esters is 1. The van der Waals surface area contributed by atoms with Gasteiger partial charge in [0.1, 0.15) is 17.2 Å². The summed E-state index contributed by atoms with van der Waals surface area (Å²) in [6.07, 6.45) is 8.20. The minimum absolute atomic E-state index is 0.299. The Hall–Kier alpha value is -4.45. The number of anilines is 1. The minimum atomic E-state index is -0.955. The van der Waals surface area contributed by atoms with E-state index in [0.29, 0.717) is 31.1 Å². The Morgan fingerprint density at radius 3 is 1.91 bits per heavy atom. The molecule has 6 rings (SSSR count). The second-order valence-corrected chi connectivity index (χ2v) is 11.3. The molecule has 0 saturated carbocycles. The zero-order chi connectivity index (χ0) is 30.5. The number of hydrogen-bond donors (Lipinski definition) is 0. The standard InChI is InChI=1S/C38H41NO5/c1-4-25-42-29-17-13-27(14-18-29)38(28-15-19-30(20-16-28)43-26-5-2)22-21-33-34(37(40)41-6-3)35(39-23-9-10-24-39)31-11-7-8-12-32(31)36(33)44-38/h7-8,11-22H,4-6,9-10,23-26H2,1-3H3. The Morgan fingerprint density at radius 1 is 0.795 bits per heavy atom. The molecule has 6 nitrogen and oxygen atoms in total. The van der Waals surface area contributed by atoms with Gasteiger partial charge in [0.15, 0.2) is 5.60 Å². The van der Waals surface area contributed by atoms with Crippen LogP contribution in [0.5, 0.6) is 17.2 Å². The maximum Gasteiger partial charge on any atom is 0.341 e. The molecule has 0 N–H and O–H groups in total. The maximum absolute atomic E-state index is 13.7. The molecular formula is C38H41NO5. The predicted molar refractivity (Wildman–Crippen MR) is 176 cm³/mol. The summed E-state index contributed by atoms with van der Waals surface area (Å²) in [5, 5.41) is 1.96. The van der Waals surface area contributed by atoms with Crippen molar-refractivity contribution in [1.29, 1.82) is 0 Å². The summed E-state index contributed by atoms with van der Waals surface area (Å²) in [5.41, 5.74) is 3.21. The van der Waals surface area contributed by atoms with Crippen molar-refractivity contribution < 1.29 is 23.7 Å². The molecule has 4 aromatic rings. The summed E-state index contributed by atoms with van der Waals surface area (Å²) in [6.45, 7) is 9.47. The summed E-state index contributed by atoms with van der Waals surface area (Å²) < 4.78 is 24.7. The Labute approximate surface area is 260 Å². The fourth-order valence-corrected chi connectivity index (χ4v) is 6.27. The zero-order valence-electron chi connectivity index (χ0n) is 25.9. The molecule has 4 aromatic carbocycles. The second kappa shape index (κ2) is 13.0. The number of carbonyl (C=O) groups is 1. The molecule has 1 saturated heterocycles. The molecule has 2 aliphatic heterocycles. The average molecular weight is 592 g/mol. The van der Waals surface area contributed by atoms with Crippen LogP contribution < -0.4 is 19.1 Å². The molecule has 0 bridgehead atoms. The van der Waals surface area contributed by atoms with Crippen LogP contribution in [-0.4, -0.2) is 38.9 Å². The summed E-state index contributed by atoms with van der Waals surface area (Å²) in [7, 11) is 0. The first-order valence-corrected chi connectivity index (χ1v) is 15.9. The van der Waals surface area contributed by atoms with Crippen molar-refractivity contribution in [2.45, 2.75) is 52.1 Å². The summed E-state index contributed by atoms with van der Waals surface area (Å²) in [6, 6.07) is 24.5. The Balaban J connectivity index is 1.55. The van der Waals surface area contributed by atoms with Gasteiger partial charge in [0, 0.05) is 40.6 Å². The quantitative estimate of drug-likeness (QED) is 0.163. The molecule has 0 radical (unpaired) electrons. The zero-order valence-corrected chi connectivity index (χ0v) is 25.9. The van der Waals surface area contributed by atoms with Crippen molar-refractivity contribution in [2.75, 3.05) is 37.8 Å². The predicted octanol–water partition coefficient (Wildman–Crippen LogP) is 8.54. The lowest BCUT2D eigenvalue weighted by atomic mass is 9.82. The smallest absolute Gasteiger partial charge is 0.341 e. The molecular weight excluding hydrogens is 550 g/mol. The van der Waals surface area contributed by atoms with Gasteiger partial charge in [0.2, 0.25) is 0 Å². The fourth-order valence-electron chi connectivity index (χ4n) is 6.27. The third kappa shape index (κ3) is 5.49. The Morgan fingerprint density at radius 2 is 1.36 bits per heavy atom. The number of ether oxygens (including phenoxy) is 4. The fraction of sp³-hybridized carbons (Fsp3) is 0.342. The monoisotopic (exact) mass is 591 g/mol. The molecule has 0 spiro atoms. The largest absolute Gasteiger partial charge is 0.494 e. The number of nitrogens with zero attached hydrogens (tertiary/aromatic N) is 1. The highest BCUT2D eigenvalue weighted by Crippen LogP contribution is 2.50. The minimum Gasteiger partial charge on any atom is -0.494 e. The lowest BCUT2D eigenvalue weighted by molar-refractivity contribution is 0.0525. The van der Waals surface area contributed by atoms with Crippen molar-refractivity contribution >= 4 is 28.5 Å². The van der Waals surface area contributed by atoms with Crippen LogP contribution in [0.15, 0.2) is 78.9 Å². The van der Waals surface area contributed by atoms with Gasteiger partial charge >= 0.3 is 5.97 Å². The number of fused-ring (bicyclic) bond motifs is 3. The summed E-state index contributed by atoms with van der Waals surface area (Å²) >= 11 is 0. The van der Waals surface area contributed by atoms with Crippen LogP contribution in [0.3, 0.4) is 0 Å². The van der Waals surface area contributed by atoms with Gasteiger partial charge in [0.25, 0.3) is 0 Å². The van der Waals surface area contributed by atoms with Gasteiger partial charge in [0.05, 0.1) is 31.1 Å². The van der Waals surface area contributed by atoms with Crippen molar-refractivity contribution in [1.82, 2.24) is 0 Å². The van der Waals surface area contributed by atoms with E-state index in [9.17, 15) is 4.79 Å². The van der Waals surface area contributed by atoms with Gasteiger partial charge in [-0.1, -0.05) is 62.4 Å². The third-order valence-electron chi connectivity index (χ3n) is 8.34. The van der Waals surface area contributed by atoms with Crippen LogP contribution in [-0.2, 0) is 10.3 Å². The van der Waals surface area contributed by atoms with Crippen molar-refractivity contribution in [3.63, 3.8) is 0 Å². The first-order chi connectivity index (χ1) is 21.6. The van der Waals surface area contributed by atoms with Gasteiger partial charge in [-0.2, -0.15) is 0 Å². The number of carbonyl (C=O) groups excluding carboxylic acids is 1. The SMILES string of the molecule is CCCOc1ccc(C2(c3ccc(OCCC)cc3)C=Cc3c(C(=O)OCC)c(N4CCCC4)c4ccccc4c3O2)cc1. The first kappa shape index (κ1) is 29.6. The second-order valence-electron chi connectivity index (χ2n) is 11.3. The topological polar surface area (TPSA) is 57.2 Å². The van der Waals surface area contributed by atoms with E-state index in [2.05, 4.69) is 67.3 Å². The number of hydrogen-bond acceptors (Lipinski definition) is 6. The van der Waals surface area contributed by atoms with E-state index in [0.717, 1.165) is 83.4 Å². The Kier molecular flexibility index (Phi) is 8.78. The van der Waals surface area contributed by atoms with E-state index < -0.39 is 5.60 Å². The highest BCUT2D eigenvalue weighted by Gasteiger charge is 2.40. The molecule has 44 heavy (non-hydrogen) atoms. The molecule has 0 unspecified atom stereocenters. The third-order valence-corrected chi connectivity index (χ3v) is 8.34. The van der Waals surface area contributed by atoms with Gasteiger partial charge in [-0.3, -0.25) is 0 Å². The Bertz CT molecular complexity index is 1580. The van der Waals surface area contributed by atoms with Crippen molar-refractivity contribution in [2.24, 2.45) is 0 Å². The average Bonchev–Trinajstić information content (AvgIpc) is 3.61. The van der Waals surface area contributed by atoms with E-state index in [-0.39, 0.29) is 5.97 Å². The van der Waals surface area contributed by atoms with E-state index in [1.165, 1.54) is 0 Å². The van der Waals surface area contributed by atoms with Crippen LogP contribution >= 0.6 is 0 Å². The molecule has 0 amide bonds. The van der Waals surface area contributed by atoms with Gasteiger partial charge < -0.3 is 23.8 Å². The first-order valence-electron chi connectivity index (χ1n) is 15.9. The van der Waals surface area contributed by atoms with E-state index in [1.807, 2.05) is 43.3 Å². The lowest BCUT2D eigenvalue weighted by Gasteiger charge is -2.38. The molecule has 0 aromatic heterocycles. The molecule has 2 aliphatic rings. The van der Waals surface area contributed by atoms with Crippen molar-refractivity contribution in [3.8, 4) is 17.2 Å². The molecule has 6 heteroatoms. The number of benzene rings is 4. The van der Waals surface area contributed by atoms with Gasteiger partial charge in [-0.05, 0) is 69.0 Å². The van der Waals surface area contributed by atoms with E-state index in [1.54, 1.807) is 0 Å². The molecule has 2 heterocycles. The van der Waals surface area contributed by atoms with E-state index >= 15 is 0 Å². The van der Waals surface area contributed by atoms with Crippen LogP contribution in [0.4, 0.5) is 5.69 Å². The normalized spacial score (nSPS) is 15.1. The van der Waals surface area contributed by atoms with Crippen LogP contribution in [0, 0.1) is 0 Å². The molecule has 228 valence electrons. The van der Waals surface area contributed by atoms with Gasteiger partial charge in [-0.25, -0.2) is 4.79 Å². The molecule has 1 fully saturated rings. The summed E-state index contributed by atoms with van der Waals surface area (Å²) in [5.74, 6) is 1.98. The van der Waals surface area contributed by atoms with Gasteiger partial charge in [-0.15, -0.1) is 0 Å². The summed E-state index contributed by atoms with van der Waals surface area (Å²) in [4.78, 5) is 16.0. The van der Waals surface area contributed by atoms with Crippen LogP contribution in [0.2, 0.25) is 0 Å². The van der Waals surface area contributed by atoms with Crippen LogP contribution in [0.25, 0.3) is 16.8 Å².